The Bertz CT molecular complexity index is 730. The fourth-order valence-electron chi connectivity index (χ4n) is 2.97. The molecule has 0 spiro atoms. The second-order valence-corrected chi connectivity index (χ2v) is 8.38. The molecule has 0 atom stereocenters. The van der Waals surface area contributed by atoms with Gasteiger partial charge in [-0.2, -0.15) is 4.31 Å². The highest BCUT2D eigenvalue weighted by Gasteiger charge is 2.32. The van der Waals surface area contributed by atoms with Gasteiger partial charge in [-0.15, -0.1) is 0 Å². The lowest BCUT2D eigenvalue weighted by Crippen LogP contribution is -2.53. The van der Waals surface area contributed by atoms with Gasteiger partial charge in [0, 0.05) is 53.5 Å². The molecule has 0 saturated carbocycles. The van der Waals surface area contributed by atoms with E-state index in [0.29, 0.717) is 26.3 Å². The van der Waals surface area contributed by atoms with E-state index in [1.54, 1.807) is 19.1 Å². The lowest BCUT2D eigenvalue weighted by molar-refractivity contribution is -0.133. The molecule has 28 heavy (non-hydrogen) atoms. The van der Waals surface area contributed by atoms with Gasteiger partial charge in [0.15, 0.2) is 0 Å². The molecule has 0 radical (unpaired) electrons. The summed E-state index contributed by atoms with van der Waals surface area (Å²) in [5, 5.41) is 0. The summed E-state index contributed by atoms with van der Waals surface area (Å²) in [6.45, 7) is 3.26. The van der Waals surface area contributed by atoms with Gasteiger partial charge in [0.1, 0.15) is 10.7 Å². The molecule has 2 rings (SSSR count). The second kappa shape index (κ2) is 10.8. The molecule has 0 aliphatic carbocycles. The van der Waals surface area contributed by atoms with E-state index in [2.05, 4.69) is 0 Å². The Hall–Kier alpha value is -1.59. The number of methoxy groups -OCH3 is 2. The number of amides is 1. The average Bonchev–Trinajstić information content (AvgIpc) is 2.70. The van der Waals surface area contributed by atoms with E-state index in [1.165, 1.54) is 22.5 Å². The molecular formula is C18H28FN3O5S. The fraction of sp³-hybridized carbons (Fsp3) is 0.611. The number of nitrogens with zero attached hydrogens (tertiary/aromatic N) is 3. The van der Waals surface area contributed by atoms with Crippen LogP contribution in [-0.2, 0) is 24.3 Å². The first-order chi connectivity index (χ1) is 13.4. The summed E-state index contributed by atoms with van der Waals surface area (Å²) in [5.74, 6) is -0.844. The van der Waals surface area contributed by atoms with E-state index in [0.717, 1.165) is 6.07 Å². The average molecular weight is 418 g/mol. The monoisotopic (exact) mass is 417 g/mol. The zero-order valence-corrected chi connectivity index (χ0v) is 17.2. The van der Waals surface area contributed by atoms with E-state index in [1.807, 2.05) is 4.90 Å². The predicted octanol–water partition coefficient (Wildman–Crippen LogP) is 0.253. The first-order valence-electron chi connectivity index (χ1n) is 9.13. The summed E-state index contributed by atoms with van der Waals surface area (Å²) in [4.78, 5) is 15.8. The molecule has 0 bridgehead atoms. The van der Waals surface area contributed by atoms with Crippen LogP contribution in [0.2, 0.25) is 0 Å². The number of hydrogen-bond donors (Lipinski definition) is 0. The van der Waals surface area contributed by atoms with Gasteiger partial charge in [-0.1, -0.05) is 12.1 Å². The van der Waals surface area contributed by atoms with Gasteiger partial charge >= 0.3 is 0 Å². The Balaban J connectivity index is 1.93. The standard InChI is InChI=1S/C18H28FN3O5S/c1-26-13-11-20(12-14-27-2)15-18(23)21-7-9-22(10-8-21)28(24,25)17-6-4-3-5-16(17)19/h3-6H,7-15H2,1-2H3. The van der Waals surface area contributed by atoms with Crippen molar-refractivity contribution in [3.05, 3.63) is 30.1 Å². The van der Waals surface area contributed by atoms with Crippen molar-refractivity contribution >= 4 is 15.9 Å². The van der Waals surface area contributed by atoms with Gasteiger partial charge < -0.3 is 14.4 Å². The van der Waals surface area contributed by atoms with Crippen LogP contribution in [-0.4, -0.2) is 102 Å². The number of rotatable bonds is 10. The van der Waals surface area contributed by atoms with Gasteiger partial charge in [-0.25, -0.2) is 12.8 Å². The zero-order chi connectivity index (χ0) is 20.6. The zero-order valence-electron chi connectivity index (χ0n) is 16.3. The van der Waals surface area contributed by atoms with E-state index in [-0.39, 0.29) is 43.5 Å². The smallest absolute Gasteiger partial charge is 0.246 e. The molecule has 1 saturated heterocycles. The largest absolute Gasteiger partial charge is 0.383 e. The Kier molecular flexibility index (Phi) is 8.77. The molecule has 0 N–H and O–H groups in total. The summed E-state index contributed by atoms with van der Waals surface area (Å²) in [6.07, 6.45) is 0. The molecule has 158 valence electrons. The summed E-state index contributed by atoms with van der Waals surface area (Å²) in [6, 6.07) is 5.32. The first-order valence-corrected chi connectivity index (χ1v) is 10.6. The highest BCUT2D eigenvalue weighted by atomic mass is 32.2. The molecule has 1 aliphatic heterocycles. The molecule has 0 unspecified atom stereocenters. The van der Waals surface area contributed by atoms with Gasteiger partial charge in [0.25, 0.3) is 0 Å². The lowest BCUT2D eigenvalue weighted by atomic mass is 10.3. The van der Waals surface area contributed by atoms with E-state index < -0.39 is 15.8 Å². The van der Waals surface area contributed by atoms with Crippen molar-refractivity contribution in [1.29, 1.82) is 0 Å². The maximum Gasteiger partial charge on any atom is 0.246 e. The van der Waals surface area contributed by atoms with Gasteiger partial charge in [-0.3, -0.25) is 9.69 Å². The quantitative estimate of drug-likeness (QED) is 0.543. The number of carbonyl (C=O) groups is 1. The fourth-order valence-corrected chi connectivity index (χ4v) is 4.46. The van der Waals surface area contributed by atoms with Crippen molar-refractivity contribution in [3.8, 4) is 0 Å². The number of sulfonamides is 1. The van der Waals surface area contributed by atoms with Crippen LogP contribution in [0.15, 0.2) is 29.2 Å². The topological polar surface area (TPSA) is 79.4 Å². The molecule has 1 aromatic carbocycles. The van der Waals surface area contributed by atoms with Crippen molar-refractivity contribution in [2.24, 2.45) is 0 Å². The Morgan fingerprint density at radius 1 is 1.07 bits per heavy atom. The normalized spacial score (nSPS) is 15.9. The van der Waals surface area contributed by atoms with Crippen LogP contribution in [0.1, 0.15) is 0 Å². The minimum atomic E-state index is -3.91. The summed E-state index contributed by atoms with van der Waals surface area (Å²) in [5.41, 5.74) is 0. The van der Waals surface area contributed by atoms with Crippen LogP contribution >= 0.6 is 0 Å². The van der Waals surface area contributed by atoms with E-state index in [4.69, 9.17) is 9.47 Å². The lowest BCUT2D eigenvalue weighted by Gasteiger charge is -2.35. The van der Waals surface area contributed by atoms with Crippen molar-refractivity contribution in [3.63, 3.8) is 0 Å². The van der Waals surface area contributed by atoms with Crippen LogP contribution in [0, 0.1) is 5.82 Å². The summed E-state index contributed by atoms with van der Waals surface area (Å²) in [7, 11) is -0.707. The molecule has 10 heteroatoms. The number of halogens is 1. The van der Waals surface area contributed by atoms with Crippen LogP contribution in [0.5, 0.6) is 0 Å². The number of carbonyl (C=O) groups excluding carboxylic acids is 1. The summed E-state index contributed by atoms with van der Waals surface area (Å²) >= 11 is 0. The third-order valence-electron chi connectivity index (χ3n) is 4.63. The molecule has 1 heterocycles. The van der Waals surface area contributed by atoms with Crippen LogP contribution in [0.4, 0.5) is 4.39 Å². The first kappa shape index (κ1) is 22.7. The Morgan fingerprint density at radius 2 is 1.64 bits per heavy atom. The van der Waals surface area contributed by atoms with Crippen molar-refractivity contribution in [2.75, 3.05) is 73.2 Å². The minimum Gasteiger partial charge on any atom is -0.383 e. The van der Waals surface area contributed by atoms with Crippen LogP contribution < -0.4 is 0 Å². The minimum absolute atomic E-state index is 0.0739. The second-order valence-electron chi connectivity index (χ2n) is 6.48. The number of piperazine rings is 1. The molecule has 1 aliphatic rings. The van der Waals surface area contributed by atoms with Gasteiger partial charge in [-0.05, 0) is 12.1 Å². The molecule has 0 aromatic heterocycles. The molecule has 8 nitrogen and oxygen atoms in total. The molecular weight excluding hydrogens is 389 g/mol. The van der Waals surface area contributed by atoms with Crippen molar-refractivity contribution in [2.45, 2.75) is 4.90 Å². The van der Waals surface area contributed by atoms with Crippen molar-refractivity contribution in [1.82, 2.24) is 14.1 Å². The molecule has 1 fully saturated rings. The number of ether oxygens (including phenoxy) is 2. The third kappa shape index (κ3) is 5.95. The predicted molar refractivity (Wildman–Crippen MR) is 102 cm³/mol. The summed E-state index contributed by atoms with van der Waals surface area (Å²) < 4.78 is 50.6. The van der Waals surface area contributed by atoms with Crippen LogP contribution in [0.3, 0.4) is 0 Å². The van der Waals surface area contributed by atoms with Gasteiger partial charge in [0.2, 0.25) is 15.9 Å². The van der Waals surface area contributed by atoms with E-state index in [9.17, 15) is 17.6 Å². The van der Waals surface area contributed by atoms with Gasteiger partial charge in [0.05, 0.1) is 19.8 Å². The maximum absolute atomic E-state index is 13.9. The molecule has 1 aromatic rings. The Morgan fingerprint density at radius 3 is 2.18 bits per heavy atom. The highest BCUT2D eigenvalue weighted by molar-refractivity contribution is 7.89. The van der Waals surface area contributed by atoms with E-state index >= 15 is 0 Å². The van der Waals surface area contributed by atoms with Crippen LogP contribution in [0.25, 0.3) is 0 Å². The number of hydrogen-bond acceptors (Lipinski definition) is 6. The Labute approximate surface area is 165 Å². The maximum atomic E-state index is 13.9. The highest BCUT2D eigenvalue weighted by Crippen LogP contribution is 2.20. The van der Waals surface area contributed by atoms with Crippen molar-refractivity contribution < 1.29 is 27.1 Å². The molecule has 1 amide bonds. The SMILES string of the molecule is COCCN(CCOC)CC(=O)N1CCN(S(=O)(=O)c2ccccc2F)CC1. The number of benzene rings is 1. The third-order valence-corrected chi connectivity index (χ3v) is 6.56.